The van der Waals surface area contributed by atoms with Crippen molar-refractivity contribution in [3.05, 3.63) is 102 Å². The first-order valence-electron chi connectivity index (χ1n) is 11.7. The van der Waals surface area contributed by atoms with E-state index in [1.54, 1.807) is 16.1 Å². The third kappa shape index (κ3) is 2.90. The summed E-state index contributed by atoms with van der Waals surface area (Å²) in [5, 5.41) is 6.29. The topological polar surface area (TPSA) is 37.4 Å². The second kappa shape index (κ2) is 7.57. The molecule has 34 heavy (non-hydrogen) atoms. The van der Waals surface area contributed by atoms with E-state index in [1.807, 2.05) is 48.5 Å². The maximum atomic E-state index is 14.3. The zero-order chi connectivity index (χ0) is 22.9. The summed E-state index contributed by atoms with van der Waals surface area (Å²) in [6, 6.07) is 28.8. The summed E-state index contributed by atoms with van der Waals surface area (Å²) < 4.78 is 30.3. The molecule has 7 rings (SSSR count). The minimum absolute atomic E-state index is 0.260. The van der Waals surface area contributed by atoms with Crippen LogP contribution in [0.2, 0.25) is 0 Å². The van der Waals surface area contributed by atoms with Crippen molar-refractivity contribution in [1.82, 2.24) is 4.31 Å². The molecule has 1 fully saturated rings. The van der Waals surface area contributed by atoms with Crippen molar-refractivity contribution in [2.45, 2.75) is 23.1 Å². The predicted octanol–water partition coefficient (Wildman–Crippen LogP) is 6.68. The molecule has 3 nitrogen and oxygen atoms in total. The zero-order valence-electron chi connectivity index (χ0n) is 18.6. The molecule has 0 amide bonds. The van der Waals surface area contributed by atoms with Crippen LogP contribution in [0.3, 0.4) is 0 Å². The van der Waals surface area contributed by atoms with Gasteiger partial charge in [-0.05, 0) is 68.6 Å². The van der Waals surface area contributed by atoms with Crippen molar-refractivity contribution in [2.75, 3.05) is 12.3 Å². The Labute approximate surface area is 203 Å². The van der Waals surface area contributed by atoms with Gasteiger partial charge < -0.3 is 0 Å². The van der Waals surface area contributed by atoms with E-state index in [2.05, 4.69) is 36.4 Å². The summed E-state index contributed by atoms with van der Waals surface area (Å²) in [5.41, 5.74) is 3.62. The van der Waals surface area contributed by atoms with Crippen LogP contribution in [0.25, 0.3) is 32.3 Å². The molecule has 0 radical (unpaired) electrons. The van der Waals surface area contributed by atoms with Crippen LogP contribution in [0.4, 0.5) is 0 Å². The molecular weight excluding hydrogens is 458 g/mol. The summed E-state index contributed by atoms with van der Waals surface area (Å²) >= 11 is 1.73. The lowest BCUT2D eigenvalue weighted by Crippen LogP contribution is -2.31. The number of sulfonamides is 1. The number of nitrogens with zero attached hydrogens (tertiary/aromatic N) is 1. The molecule has 0 N–H and O–H groups in total. The van der Waals surface area contributed by atoms with E-state index in [-0.39, 0.29) is 5.37 Å². The monoisotopic (exact) mass is 481 g/mol. The van der Waals surface area contributed by atoms with Gasteiger partial charge in [0.2, 0.25) is 10.0 Å². The van der Waals surface area contributed by atoms with Crippen molar-refractivity contribution in [3.63, 3.8) is 0 Å². The minimum atomic E-state index is -3.69. The van der Waals surface area contributed by atoms with E-state index in [0.29, 0.717) is 11.4 Å². The molecule has 2 aliphatic rings. The number of aryl methyl sites for hydroxylation is 2. The fourth-order valence-corrected chi connectivity index (χ4v) is 9.30. The van der Waals surface area contributed by atoms with Gasteiger partial charge in [0.25, 0.3) is 0 Å². The molecule has 5 aromatic carbocycles. The molecule has 5 aromatic rings. The number of hydrogen-bond donors (Lipinski definition) is 0. The second-order valence-electron chi connectivity index (χ2n) is 9.13. The van der Waals surface area contributed by atoms with Gasteiger partial charge in [-0.25, -0.2) is 8.42 Å². The van der Waals surface area contributed by atoms with Gasteiger partial charge in [0.15, 0.2) is 0 Å². The van der Waals surface area contributed by atoms with Crippen molar-refractivity contribution in [3.8, 4) is 0 Å². The first kappa shape index (κ1) is 20.5. The van der Waals surface area contributed by atoms with Gasteiger partial charge >= 0.3 is 0 Å². The Bertz CT molecular complexity index is 1660. The fourth-order valence-electron chi connectivity index (χ4n) is 5.81. The Morgan fingerprint density at radius 2 is 1.38 bits per heavy atom. The van der Waals surface area contributed by atoms with Gasteiger partial charge in [0, 0.05) is 17.7 Å². The standard InChI is InChI=1S/C29H23NO2S2/c31-34(32,26-15-14-20-13-12-19-8-5-11-25(26)27(19)20)30-16-17-33-29(30)28-23-9-3-1-6-21(23)18-22-7-2-4-10-24(22)28/h1-11,14-15,18,29H,12-13,16-17H2. The predicted molar refractivity (Wildman–Crippen MR) is 142 cm³/mol. The average Bonchev–Trinajstić information content (AvgIpc) is 3.52. The van der Waals surface area contributed by atoms with E-state index in [1.165, 1.54) is 11.1 Å². The average molecular weight is 482 g/mol. The van der Waals surface area contributed by atoms with Crippen LogP contribution in [-0.2, 0) is 22.9 Å². The molecule has 1 atom stereocenters. The number of benzene rings is 5. The quantitative estimate of drug-likeness (QED) is 0.270. The summed E-state index contributed by atoms with van der Waals surface area (Å²) in [7, 11) is -3.69. The van der Waals surface area contributed by atoms with Crippen molar-refractivity contribution >= 4 is 54.1 Å². The fraction of sp³-hybridized carbons (Fsp3) is 0.172. The maximum absolute atomic E-state index is 14.3. The lowest BCUT2D eigenvalue weighted by atomic mass is 9.96. The molecule has 0 bridgehead atoms. The molecule has 0 spiro atoms. The first-order chi connectivity index (χ1) is 16.6. The largest absolute Gasteiger partial charge is 0.245 e. The van der Waals surface area contributed by atoms with Gasteiger partial charge in [-0.2, -0.15) is 4.31 Å². The maximum Gasteiger partial charge on any atom is 0.245 e. The molecule has 1 heterocycles. The number of hydrogen-bond acceptors (Lipinski definition) is 3. The van der Waals surface area contributed by atoms with Crippen LogP contribution in [0.1, 0.15) is 22.1 Å². The third-order valence-electron chi connectivity index (χ3n) is 7.33. The van der Waals surface area contributed by atoms with E-state index in [4.69, 9.17) is 0 Å². The zero-order valence-corrected chi connectivity index (χ0v) is 20.2. The molecular formula is C29H23NO2S2. The summed E-state index contributed by atoms with van der Waals surface area (Å²) in [5.74, 6) is 0.780. The molecule has 0 aromatic heterocycles. The molecule has 5 heteroatoms. The lowest BCUT2D eigenvalue weighted by molar-refractivity contribution is 0.437. The molecule has 1 aliphatic carbocycles. The highest BCUT2D eigenvalue weighted by molar-refractivity contribution is 8.01. The summed E-state index contributed by atoms with van der Waals surface area (Å²) in [6.07, 6.45) is 1.97. The smallest absolute Gasteiger partial charge is 0.207 e. The Kier molecular flexibility index (Phi) is 4.57. The number of fused-ring (bicyclic) bond motifs is 2. The highest BCUT2D eigenvalue weighted by atomic mass is 32.2. The second-order valence-corrected chi connectivity index (χ2v) is 12.2. The molecule has 1 saturated heterocycles. The Balaban J connectivity index is 1.45. The van der Waals surface area contributed by atoms with Crippen LogP contribution >= 0.6 is 11.8 Å². The normalized spacial score (nSPS) is 18.4. The van der Waals surface area contributed by atoms with Crippen LogP contribution in [-0.4, -0.2) is 25.0 Å². The van der Waals surface area contributed by atoms with Gasteiger partial charge in [-0.15, -0.1) is 11.8 Å². The first-order valence-corrected chi connectivity index (χ1v) is 14.2. The van der Waals surface area contributed by atoms with E-state index in [0.717, 1.165) is 56.5 Å². The Morgan fingerprint density at radius 1 is 0.735 bits per heavy atom. The SMILES string of the molecule is O=S(=O)(c1ccc2c3c(cccc13)CC2)N1CCSC1c1c2ccccc2cc2ccccc12. The van der Waals surface area contributed by atoms with Crippen molar-refractivity contribution in [2.24, 2.45) is 0 Å². The van der Waals surface area contributed by atoms with Gasteiger partial charge in [-0.3, -0.25) is 0 Å². The van der Waals surface area contributed by atoms with Crippen LogP contribution in [0.5, 0.6) is 0 Å². The Hall–Kier alpha value is -2.86. The highest BCUT2D eigenvalue weighted by Crippen LogP contribution is 2.47. The highest BCUT2D eigenvalue weighted by Gasteiger charge is 2.39. The van der Waals surface area contributed by atoms with E-state index >= 15 is 0 Å². The van der Waals surface area contributed by atoms with Crippen molar-refractivity contribution < 1.29 is 8.42 Å². The summed E-state index contributed by atoms with van der Waals surface area (Å²) in [4.78, 5) is 0.437. The lowest BCUT2D eigenvalue weighted by Gasteiger charge is -2.26. The van der Waals surface area contributed by atoms with Gasteiger partial charge in [-0.1, -0.05) is 72.8 Å². The van der Waals surface area contributed by atoms with Crippen LogP contribution < -0.4 is 0 Å². The summed E-state index contributed by atoms with van der Waals surface area (Å²) in [6.45, 7) is 0.512. The van der Waals surface area contributed by atoms with Crippen molar-refractivity contribution in [1.29, 1.82) is 0 Å². The third-order valence-corrected chi connectivity index (χ3v) is 10.6. The van der Waals surface area contributed by atoms with Crippen LogP contribution in [0, 0.1) is 0 Å². The molecule has 1 aliphatic heterocycles. The molecule has 1 unspecified atom stereocenters. The van der Waals surface area contributed by atoms with E-state index in [9.17, 15) is 8.42 Å². The Morgan fingerprint density at radius 3 is 2.12 bits per heavy atom. The van der Waals surface area contributed by atoms with Gasteiger partial charge in [0.05, 0.1) is 10.3 Å². The van der Waals surface area contributed by atoms with Crippen LogP contribution in [0.15, 0.2) is 89.8 Å². The minimum Gasteiger partial charge on any atom is -0.207 e. The number of thioether (sulfide) groups is 1. The van der Waals surface area contributed by atoms with Gasteiger partial charge in [0.1, 0.15) is 0 Å². The molecule has 0 saturated carbocycles. The number of rotatable bonds is 3. The van der Waals surface area contributed by atoms with E-state index < -0.39 is 10.0 Å². The molecule has 168 valence electrons.